The van der Waals surface area contributed by atoms with Gasteiger partial charge in [0.2, 0.25) is 0 Å². The lowest BCUT2D eigenvalue weighted by atomic mass is 10.0. The predicted octanol–water partition coefficient (Wildman–Crippen LogP) is 5.30. The van der Waals surface area contributed by atoms with E-state index in [9.17, 15) is 4.79 Å². The first-order chi connectivity index (χ1) is 15.3. The van der Waals surface area contributed by atoms with E-state index < -0.39 is 0 Å². The van der Waals surface area contributed by atoms with Gasteiger partial charge in [-0.1, -0.05) is 38.1 Å². The number of carbonyl (C=O) groups excluding carboxylic acids is 1. The molecule has 0 aliphatic heterocycles. The number of amides is 1. The number of ether oxygens (including phenoxy) is 1. The molecule has 1 N–H and O–H groups in total. The Labute approximate surface area is 191 Å². The zero-order valence-corrected chi connectivity index (χ0v) is 20.1. The molecule has 0 bridgehead atoms. The van der Waals surface area contributed by atoms with Crippen LogP contribution in [0, 0.1) is 6.92 Å². The second-order valence-electron chi connectivity index (χ2n) is 8.77. The van der Waals surface area contributed by atoms with Crippen molar-refractivity contribution in [2.24, 2.45) is 0 Å². The molecule has 0 saturated carbocycles. The van der Waals surface area contributed by atoms with E-state index in [2.05, 4.69) is 53.4 Å². The van der Waals surface area contributed by atoms with Crippen LogP contribution < -0.4 is 10.1 Å². The minimum Gasteiger partial charge on any atom is -0.497 e. The van der Waals surface area contributed by atoms with Crippen molar-refractivity contribution >= 4 is 16.8 Å². The topological polar surface area (TPSA) is 46.5 Å². The first-order valence-corrected chi connectivity index (χ1v) is 11.1. The molecular weight excluding hydrogens is 398 g/mol. The molecule has 0 aliphatic rings. The highest BCUT2D eigenvalue weighted by Crippen LogP contribution is 2.29. The third-order valence-electron chi connectivity index (χ3n) is 6.11. The van der Waals surface area contributed by atoms with Gasteiger partial charge >= 0.3 is 0 Å². The summed E-state index contributed by atoms with van der Waals surface area (Å²) in [6, 6.07) is 14.5. The van der Waals surface area contributed by atoms with Crippen molar-refractivity contribution in [3.05, 3.63) is 77.5 Å². The number of carbonyl (C=O) groups is 1. The van der Waals surface area contributed by atoms with Crippen LogP contribution >= 0.6 is 0 Å². The molecule has 1 atom stereocenters. The van der Waals surface area contributed by atoms with Gasteiger partial charge in [0.15, 0.2) is 0 Å². The van der Waals surface area contributed by atoms with E-state index in [1.165, 1.54) is 5.56 Å². The van der Waals surface area contributed by atoms with Gasteiger partial charge in [0, 0.05) is 24.0 Å². The maximum absolute atomic E-state index is 13.4. The fraction of sp³-hybridized carbons (Fsp3) is 0.370. The average molecular weight is 434 g/mol. The van der Waals surface area contributed by atoms with Crippen LogP contribution in [0.3, 0.4) is 0 Å². The van der Waals surface area contributed by atoms with E-state index >= 15 is 0 Å². The molecule has 1 heterocycles. The van der Waals surface area contributed by atoms with Crippen molar-refractivity contribution in [1.29, 1.82) is 0 Å². The minimum absolute atomic E-state index is 0.0509. The number of hydrogen-bond acceptors (Lipinski definition) is 3. The van der Waals surface area contributed by atoms with Gasteiger partial charge in [-0.15, -0.1) is 6.58 Å². The Kier molecular flexibility index (Phi) is 7.41. The largest absolute Gasteiger partial charge is 0.497 e. The fourth-order valence-electron chi connectivity index (χ4n) is 4.21. The molecule has 5 nitrogen and oxygen atoms in total. The van der Waals surface area contributed by atoms with Crippen molar-refractivity contribution in [3.63, 3.8) is 0 Å². The van der Waals surface area contributed by atoms with Crippen LogP contribution in [0.4, 0.5) is 0 Å². The van der Waals surface area contributed by atoms with Crippen LogP contribution in [-0.2, 0) is 6.54 Å². The minimum atomic E-state index is -0.0630. The standard InChI is InChI=1S/C27H35N3O2/c1-8-15-30-24-14-11-21(18(2)3)16-23(24)19(4)26(30)27(31)28-17-25(29(5)6)20-9-12-22(32-7)13-10-20/h8-14,16,18,25H,1,15,17H2,2-7H3,(H,28,31). The molecule has 0 aliphatic carbocycles. The zero-order valence-electron chi connectivity index (χ0n) is 20.1. The molecule has 1 amide bonds. The van der Waals surface area contributed by atoms with Gasteiger partial charge < -0.3 is 19.5 Å². The van der Waals surface area contributed by atoms with Crippen LogP contribution in [0.2, 0.25) is 0 Å². The van der Waals surface area contributed by atoms with Crippen molar-refractivity contribution < 1.29 is 9.53 Å². The van der Waals surface area contributed by atoms with E-state index in [1.54, 1.807) is 7.11 Å². The van der Waals surface area contributed by atoms with E-state index in [4.69, 9.17) is 4.74 Å². The zero-order chi connectivity index (χ0) is 23.4. The summed E-state index contributed by atoms with van der Waals surface area (Å²) in [7, 11) is 5.70. The van der Waals surface area contributed by atoms with Crippen LogP contribution in [-0.4, -0.2) is 43.1 Å². The number of methoxy groups -OCH3 is 1. The van der Waals surface area contributed by atoms with E-state index in [-0.39, 0.29) is 11.9 Å². The van der Waals surface area contributed by atoms with Gasteiger partial charge in [0.05, 0.1) is 13.2 Å². The fourth-order valence-corrected chi connectivity index (χ4v) is 4.21. The van der Waals surface area contributed by atoms with Crippen LogP contribution in [0.1, 0.15) is 53.0 Å². The number of rotatable bonds is 9. The van der Waals surface area contributed by atoms with Gasteiger partial charge in [0.25, 0.3) is 5.91 Å². The lowest BCUT2D eigenvalue weighted by Gasteiger charge is -2.25. The quantitative estimate of drug-likeness (QED) is 0.466. The summed E-state index contributed by atoms with van der Waals surface area (Å²) in [5, 5.41) is 4.31. The molecule has 3 aromatic rings. The molecule has 2 aromatic carbocycles. The first kappa shape index (κ1) is 23.6. The second-order valence-corrected chi connectivity index (χ2v) is 8.77. The Morgan fingerprint density at radius 1 is 1.16 bits per heavy atom. The SMILES string of the molecule is C=CCn1c(C(=O)NCC(c2ccc(OC)cc2)N(C)C)c(C)c2cc(C(C)C)ccc21. The van der Waals surface area contributed by atoms with Gasteiger partial charge in [-0.25, -0.2) is 0 Å². The average Bonchev–Trinajstić information content (AvgIpc) is 3.05. The van der Waals surface area contributed by atoms with Crippen molar-refractivity contribution in [1.82, 2.24) is 14.8 Å². The molecule has 1 aromatic heterocycles. The molecule has 5 heteroatoms. The third-order valence-corrected chi connectivity index (χ3v) is 6.11. The lowest BCUT2D eigenvalue weighted by molar-refractivity contribution is 0.0933. The number of allylic oxidation sites excluding steroid dienone is 1. The van der Waals surface area contributed by atoms with Crippen molar-refractivity contribution in [2.75, 3.05) is 27.7 Å². The molecule has 0 saturated heterocycles. The molecule has 0 radical (unpaired) electrons. The summed E-state index contributed by atoms with van der Waals surface area (Å²) in [5.74, 6) is 1.19. The highest BCUT2D eigenvalue weighted by molar-refractivity contribution is 6.01. The first-order valence-electron chi connectivity index (χ1n) is 11.1. The summed E-state index contributed by atoms with van der Waals surface area (Å²) in [5.41, 5.74) is 5.17. The number of likely N-dealkylation sites (N-methyl/N-ethyl adjacent to an activating group) is 1. The normalized spacial score (nSPS) is 12.4. The van der Waals surface area contributed by atoms with Gasteiger partial charge in [-0.2, -0.15) is 0 Å². The third kappa shape index (κ3) is 4.73. The van der Waals surface area contributed by atoms with Gasteiger partial charge in [-0.3, -0.25) is 4.79 Å². The maximum atomic E-state index is 13.4. The summed E-state index contributed by atoms with van der Waals surface area (Å²) in [6.45, 7) is 11.4. The highest BCUT2D eigenvalue weighted by atomic mass is 16.5. The molecule has 32 heavy (non-hydrogen) atoms. The summed E-state index contributed by atoms with van der Waals surface area (Å²) >= 11 is 0. The molecule has 170 valence electrons. The number of nitrogens with zero attached hydrogens (tertiary/aromatic N) is 2. The highest BCUT2D eigenvalue weighted by Gasteiger charge is 2.22. The molecular formula is C27H35N3O2. The lowest BCUT2D eigenvalue weighted by Crippen LogP contribution is -2.35. The number of nitrogens with one attached hydrogen (secondary N) is 1. The van der Waals surface area contributed by atoms with E-state index in [0.29, 0.717) is 24.7 Å². The molecule has 0 fully saturated rings. The summed E-state index contributed by atoms with van der Waals surface area (Å²) < 4.78 is 7.34. The van der Waals surface area contributed by atoms with Crippen LogP contribution in [0.15, 0.2) is 55.1 Å². The van der Waals surface area contributed by atoms with Crippen LogP contribution in [0.25, 0.3) is 10.9 Å². The summed E-state index contributed by atoms with van der Waals surface area (Å²) in [6.07, 6.45) is 1.84. The smallest absolute Gasteiger partial charge is 0.268 e. The Bertz CT molecular complexity index is 1090. The number of aromatic nitrogens is 1. The van der Waals surface area contributed by atoms with E-state index in [1.807, 2.05) is 51.4 Å². The molecule has 3 rings (SSSR count). The summed E-state index contributed by atoms with van der Waals surface area (Å²) in [4.78, 5) is 15.5. The number of hydrogen-bond donors (Lipinski definition) is 1. The monoisotopic (exact) mass is 433 g/mol. The second kappa shape index (κ2) is 10.0. The molecule has 1 unspecified atom stereocenters. The maximum Gasteiger partial charge on any atom is 0.268 e. The predicted molar refractivity (Wildman–Crippen MR) is 133 cm³/mol. The number of benzene rings is 2. The Morgan fingerprint density at radius 3 is 2.38 bits per heavy atom. The van der Waals surface area contributed by atoms with Gasteiger partial charge in [-0.05, 0) is 67.9 Å². The van der Waals surface area contributed by atoms with Crippen molar-refractivity contribution in [2.45, 2.75) is 39.3 Å². The van der Waals surface area contributed by atoms with E-state index in [0.717, 1.165) is 27.8 Å². The van der Waals surface area contributed by atoms with Crippen molar-refractivity contribution in [3.8, 4) is 5.75 Å². The van der Waals surface area contributed by atoms with Gasteiger partial charge in [0.1, 0.15) is 11.4 Å². The number of aryl methyl sites for hydroxylation is 1. The Balaban J connectivity index is 1.91. The van der Waals surface area contributed by atoms with Crippen LogP contribution in [0.5, 0.6) is 5.75 Å². The number of fused-ring (bicyclic) bond motifs is 1. The Hall–Kier alpha value is -3.05. The molecule has 0 spiro atoms. The Morgan fingerprint density at radius 2 is 1.81 bits per heavy atom.